The molecule has 0 radical (unpaired) electrons. The van der Waals surface area contributed by atoms with Crippen LogP contribution in [0.2, 0.25) is 0 Å². The van der Waals surface area contributed by atoms with Crippen molar-refractivity contribution in [2.75, 3.05) is 6.61 Å². The SMILES string of the molecule is CCCOC(=O)CCCCCCCCCCCCCCCC(C)O. The maximum Gasteiger partial charge on any atom is 0.305 e. The molecule has 0 aromatic carbocycles. The summed E-state index contributed by atoms with van der Waals surface area (Å²) in [5.74, 6) is -0.0253. The molecule has 0 aliphatic carbocycles. The van der Waals surface area contributed by atoms with E-state index in [0.29, 0.717) is 13.0 Å². The van der Waals surface area contributed by atoms with E-state index in [-0.39, 0.29) is 12.1 Å². The topological polar surface area (TPSA) is 46.5 Å². The van der Waals surface area contributed by atoms with Crippen LogP contribution in [0.5, 0.6) is 0 Å². The molecule has 1 unspecified atom stereocenters. The zero-order valence-electron chi connectivity index (χ0n) is 16.4. The molecular weight excluding hydrogens is 300 g/mol. The molecule has 0 saturated heterocycles. The lowest BCUT2D eigenvalue weighted by Crippen LogP contribution is -2.04. The molecule has 0 aromatic heterocycles. The van der Waals surface area contributed by atoms with Crippen molar-refractivity contribution in [3.63, 3.8) is 0 Å². The molecule has 0 aliphatic rings. The third-order valence-electron chi connectivity index (χ3n) is 4.47. The van der Waals surface area contributed by atoms with Crippen molar-refractivity contribution < 1.29 is 14.6 Å². The zero-order chi connectivity index (χ0) is 17.9. The average molecular weight is 343 g/mol. The summed E-state index contributed by atoms with van der Waals surface area (Å²) in [6, 6.07) is 0. The molecule has 0 rings (SSSR count). The van der Waals surface area contributed by atoms with Gasteiger partial charge in [0.1, 0.15) is 0 Å². The number of unbranched alkanes of at least 4 members (excludes halogenated alkanes) is 12. The van der Waals surface area contributed by atoms with Gasteiger partial charge >= 0.3 is 5.97 Å². The Labute approximate surface area is 150 Å². The number of hydrogen-bond acceptors (Lipinski definition) is 3. The Hall–Kier alpha value is -0.570. The Morgan fingerprint density at radius 3 is 1.62 bits per heavy atom. The summed E-state index contributed by atoms with van der Waals surface area (Å²) in [5, 5.41) is 9.18. The molecule has 0 spiro atoms. The second-order valence-electron chi connectivity index (χ2n) is 7.20. The first-order valence-corrected chi connectivity index (χ1v) is 10.5. The van der Waals surface area contributed by atoms with E-state index in [9.17, 15) is 9.90 Å². The predicted octanol–water partition coefficient (Wildman–Crippen LogP) is 6.17. The van der Waals surface area contributed by atoms with Gasteiger partial charge in [-0.05, 0) is 26.2 Å². The van der Waals surface area contributed by atoms with Crippen LogP contribution >= 0.6 is 0 Å². The minimum Gasteiger partial charge on any atom is -0.466 e. The Morgan fingerprint density at radius 1 is 0.792 bits per heavy atom. The van der Waals surface area contributed by atoms with E-state index in [1.807, 2.05) is 13.8 Å². The lowest BCUT2D eigenvalue weighted by Gasteiger charge is -2.05. The summed E-state index contributed by atoms with van der Waals surface area (Å²) in [5.41, 5.74) is 0. The van der Waals surface area contributed by atoms with Gasteiger partial charge < -0.3 is 9.84 Å². The highest BCUT2D eigenvalue weighted by Gasteiger charge is 2.01. The van der Waals surface area contributed by atoms with Crippen molar-refractivity contribution in [1.82, 2.24) is 0 Å². The summed E-state index contributed by atoms with van der Waals surface area (Å²) >= 11 is 0. The minimum absolute atomic E-state index is 0.0253. The van der Waals surface area contributed by atoms with E-state index in [1.54, 1.807) is 0 Å². The van der Waals surface area contributed by atoms with Crippen LogP contribution in [0.25, 0.3) is 0 Å². The summed E-state index contributed by atoms with van der Waals surface area (Å²) in [4.78, 5) is 11.3. The normalized spacial score (nSPS) is 12.3. The first kappa shape index (κ1) is 23.4. The number of aliphatic hydroxyl groups is 1. The van der Waals surface area contributed by atoms with Crippen LogP contribution < -0.4 is 0 Å². The molecule has 0 aromatic rings. The zero-order valence-corrected chi connectivity index (χ0v) is 16.4. The molecule has 0 fully saturated rings. The van der Waals surface area contributed by atoms with Crippen LogP contribution in [0.3, 0.4) is 0 Å². The lowest BCUT2D eigenvalue weighted by molar-refractivity contribution is -0.143. The number of rotatable bonds is 18. The molecule has 0 heterocycles. The number of carbonyl (C=O) groups is 1. The monoisotopic (exact) mass is 342 g/mol. The van der Waals surface area contributed by atoms with Gasteiger partial charge in [0.2, 0.25) is 0 Å². The summed E-state index contributed by atoms with van der Waals surface area (Å²) in [7, 11) is 0. The quantitative estimate of drug-likeness (QED) is 0.239. The molecule has 144 valence electrons. The molecule has 3 nitrogen and oxygen atoms in total. The maximum absolute atomic E-state index is 11.3. The van der Waals surface area contributed by atoms with Gasteiger partial charge in [-0.25, -0.2) is 0 Å². The van der Waals surface area contributed by atoms with Gasteiger partial charge in [0, 0.05) is 6.42 Å². The molecule has 3 heteroatoms. The third-order valence-corrected chi connectivity index (χ3v) is 4.47. The fraction of sp³-hybridized carbons (Fsp3) is 0.952. The van der Waals surface area contributed by atoms with E-state index < -0.39 is 0 Å². The van der Waals surface area contributed by atoms with Crippen molar-refractivity contribution in [1.29, 1.82) is 0 Å². The van der Waals surface area contributed by atoms with E-state index in [2.05, 4.69) is 0 Å². The van der Waals surface area contributed by atoms with Crippen molar-refractivity contribution in [3.05, 3.63) is 0 Å². The van der Waals surface area contributed by atoms with E-state index in [1.165, 1.54) is 70.6 Å². The summed E-state index contributed by atoms with van der Waals surface area (Å²) in [6.07, 6.45) is 19.0. The van der Waals surface area contributed by atoms with E-state index in [0.717, 1.165) is 25.7 Å². The van der Waals surface area contributed by atoms with Crippen LogP contribution in [0, 0.1) is 0 Å². The Kier molecular flexibility index (Phi) is 18.3. The number of hydrogen-bond donors (Lipinski definition) is 1. The van der Waals surface area contributed by atoms with Crippen LogP contribution in [-0.4, -0.2) is 23.8 Å². The molecule has 1 N–H and O–H groups in total. The maximum atomic E-state index is 11.3. The molecule has 24 heavy (non-hydrogen) atoms. The smallest absolute Gasteiger partial charge is 0.305 e. The Morgan fingerprint density at radius 2 is 1.21 bits per heavy atom. The lowest BCUT2D eigenvalue weighted by atomic mass is 10.0. The van der Waals surface area contributed by atoms with Crippen molar-refractivity contribution >= 4 is 5.97 Å². The molecule has 0 bridgehead atoms. The van der Waals surface area contributed by atoms with Gasteiger partial charge in [-0.3, -0.25) is 4.79 Å². The second kappa shape index (κ2) is 18.8. The summed E-state index contributed by atoms with van der Waals surface area (Å²) in [6.45, 7) is 4.47. The molecule has 1 atom stereocenters. The fourth-order valence-corrected chi connectivity index (χ4v) is 2.94. The van der Waals surface area contributed by atoms with E-state index in [4.69, 9.17) is 4.74 Å². The van der Waals surface area contributed by atoms with Gasteiger partial charge in [-0.15, -0.1) is 0 Å². The van der Waals surface area contributed by atoms with Gasteiger partial charge in [0.25, 0.3) is 0 Å². The standard InChI is InChI=1S/C21H42O3/c1-3-19-24-21(23)18-16-14-12-10-8-6-4-5-7-9-11-13-15-17-20(2)22/h20,22H,3-19H2,1-2H3. The van der Waals surface area contributed by atoms with Crippen molar-refractivity contribution in [3.8, 4) is 0 Å². The van der Waals surface area contributed by atoms with Crippen LogP contribution in [0.4, 0.5) is 0 Å². The summed E-state index contributed by atoms with van der Waals surface area (Å²) < 4.78 is 5.06. The molecule has 0 amide bonds. The third kappa shape index (κ3) is 19.5. The van der Waals surface area contributed by atoms with Gasteiger partial charge in [0.15, 0.2) is 0 Å². The Bertz CT molecular complexity index is 264. The van der Waals surface area contributed by atoms with Gasteiger partial charge in [0.05, 0.1) is 12.7 Å². The van der Waals surface area contributed by atoms with Crippen molar-refractivity contribution in [2.24, 2.45) is 0 Å². The van der Waals surface area contributed by atoms with Crippen LogP contribution in [-0.2, 0) is 9.53 Å². The van der Waals surface area contributed by atoms with Gasteiger partial charge in [-0.1, -0.05) is 84.0 Å². The fourth-order valence-electron chi connectivity index (χ4n) is 2.94. The highest BCUT2D eigenvalue weighted by Crippen LogP contribution is 2.13. The largest absolute Gasteiger partial charge is 0.466 e. The highest BCUT2D eigenvalue weighted by atomic mass is 16.5. The first-order valence-electron chi connectivity index (χ1n) is 10.5. The van der Waals surface area contributed by atoms with Crippen LogP contribution in [0.15, 0.2) is 0 Å². The van der Waals surface area contributed by atoms with Crippen LogP contribution in [0.1, 0.15) is 117 Å². The van der Waals surface area contributed by atoms with Gasteiger partial charge in [-0.2, -0.15) is 0 Å². The molecule has 0 aliphatic heterocycles. The first-order chi connectivity index (χ1) is 11.7. The average Bonchev–Trinajstić information content (AvgIpc) is 2.56. The second-order valence-corrected chi connectivity index (χ2v) is 7.20. The van der Waals surface area contributed by atoms with E-state index >= 15 is 0 Å². The van der Waals surface area contributed by atoms with Crippen molar-refractivity contribution in [2.45, 2.75) is 123 Å². The molecular formula is C21H42O3. The Balaban J connectivity index is 3.06. The number of aliphatic hydroxyl groups excluding tert-OH is 1. The predicted molar refractivity (Wildman–Crippen MR) is 102 cm³/mol. The number of esters is 1. The number of ether oxygens (including phenoxy) is 1. The number of carbonyl (C=O) groups excluding carboxylic acids is 1. The highest BCUT2D eigenvalue weighted by molar-refractivity contribution is 5.69. The minimum atomic E-state index is -0.125. The molecule has 0 saturated carbocycles.